The summed E-state index contributed by atoms with van der Waals surface area (Å²) < 4.78 is 0. The van der Waals surface area contributed by atoms with Crippen LogP contribution in [0.3, 0.4) is 0 Å². The van der Waals surface area contributed by atoms with Crippen LogP contribution in [0.2, 0.25) is 0 Å². The molecular formula is C18H31N. The van der Waals surface area contributed by atoms with Gasteiger partial charge in [-0.3, -0.25) is 4.99 Å². The Bertz CT molecular complexity index is 403. The Morgan fingerprint density at radius 1 is 1.16 bits per heavy atom. The molecule has 1 aliphatic heterocycles. The molecule has 0 aromatic carbocycles. The minimum absolute atomic E-state index is 0.0815. The highest BCUT2D eigenvalue weighted by Gasteiger charge is 2.33. The third kappa shape index (κ3) is 4.33. The SMILES string of the molecule is CC(C)C(C)(C)CC(C)(C)C1=CC=NC(C)(C)C=C1. The minimum Gasteiger partial charge on any atom is -0.283 e. The molecule has 0 aliphatic carbocycles. The molecule has 1 nitrogen and oxygen atoms in total. The molecule has 1 rings (SSSR count). The van der Waals surface area contributed by atoms with Gasteiger partial charge in [-0.15, -0.1) is 0 Å². The Kier molecular flexibility index (Phi) is 4.49. The zero-order valence-electron chi connectivity index (χ0n) is 14.0. The molecule has 1 heteroatoms. The molecule has 0 aromatic heterocycles. The van der Waals surface area contributed by atoms with Gasteiger partial charge in [0.25, 0.3) is 0 Å². The predicted molar refractivity (Wildman–Crippen MR) is 86.8 cm³/mol. The molecule has 0 fully saturated rings. The lowest BCUT2D eigenvalue weighted by Crippen LogP contribution is -2.28. The van der Waals surface area contributed by atoms with Crippen molar-refractivity contribution in [3.8, 4) is 0 Å². The maximum Gasteiger partial charge on any atom is 0.0734 e. The second kappa shape index (κ2) is 5.26. The van der Waals surface area contributed by atoms with Crippen molar-refractivity contribution in [2.24, 2.45) is 21.7 Å². The number of rotatable bonds is 4. The molecule has 0 bridgehead atoms. The average Bonchev–Trinajstić information content (AvgIpc) is 2.37. The number of hydrogen-bond acceptors (Lipinski definition) is 1. The van der Waals surface area contributed by atoms with E-state index in [4.69, 9.17) is 0 Å². The maximum atomic E-state index is 4.56. The van der Waals surface area contributed by atoms with Crippen LogP contribution in [0.5, 0.6) is 0 Å². The summed E-state index contributed by atoms with van der Waals surface area (Å²) in [5, 5.41) is 0. The van der Waals surface area contributed by atoms with E-state index in [1.807, 2.05) is 6.21 Å². The van der Waals surface area contributed by atoms with Crippen LogP contribution in [0.4, 0.5) is 0 Å². The fraction of sp³-hybridized carbons (Fsp3) is 0.722. The average molecular weight is 261 g/mol. The van der Waals surface area contributed by atoms with Gasteiger partial charge >= 0.3 is 0 Å². The van der Waals surface area contributed by atoms with Gasteiger partial charge in [0.2, 0.25) is 0 Å². The van der Waals surface area contributed by atoms with E-state index in [-0.39, 0.29) is 11.0 Å². The largest absolute Gasteiger partial charge is 0.283 e. The number of allylic oxidation sites excluding steroid dienone is 3. The van der Waals surface area contributed by atoms with Gasteiger partial charge in [-0.1, -0.05) is 53.7 Å². The standard InChI is InChI=1S/C18H31N/c1-14(2)16(3,4)13-17(5,6)15-9-11-18(7,8)19-12-10-15/h9-12,14H,13H2,1-8H3. The van der Waals surface area contributed by atoms with Crippen LogP contribution in [0.25, 0.3) is 0 Å². The van der Waals surface area contributed by atoms with Crippen LogP contribution in [-0.4, -0.2) is 11.8 Å². The summed E-state index contributed by atoms with van der Waals surface area (Å²) in [7, 11) is 0. The van der Waals surface area contributed by atoms with E-state index in [0.717, 1.165) is 0 Å². The third-order valence-electron chi connectivity index (χ3n) is 4.57. The van der Waals surface area contributed by atoms with Gasteiger partial charge < -0.3 is 0 Å². The van der Waals surface area contributed by atoms with Gasteiger partial charge in [0, 0.05) is 6.21 Å². The van der Waals surface area contributed by atoms with Gasteiger partial charge in [0.05, 0.1) is 5.54 Å². The molecular weight excluding hydrogens is 230 g/mol. The van der Waals surface area contributed by atoms with Crippen LogP contribution in [0.1, 0.15) is 61.8 Å². The second-order valence-corrected chi connectivity index (χ2v) is 8.09. The highest BCUT2D eigenvalue weighted by molar-refractivity contribution is 5.75. The van der Waals surface area contributed by atoms with Crippen molar-refractivity contribution in [1.82, 2.24) is 0 Å². The Morgan fingerprint density at radius 2 is 1.74 bits per heavy atom. The van der Waals surface area contributed by atoms with E-state index in [2.05, 4.69) is 78.6 Å². The number of aliphatic imine (C=N–C) groups is 1. The highest BCUT2D eigenvalue weighted by Crippen LogP contribution is 2.43. The summed E-state index contributed by atoms with van der Waals surface area (Å²) >= 11 is 0. The van der Waals surface area contributed by atoms with Crippen molar-refractivity contribution >= 4 is 6.21 Å². The van der Waals surface area contributed by atoms with E-state index in [9.17, 15) is 0 Å². The Balaban J connectivity index is 2.96. The Hall–Kier alpha value is -0.850. The first-order valence-corrected chi connectivity index (χ1v) is 7.41. The zero-order valence-corrected chi connectivity index (χ0v) is 14.0. The quantitative estimate of drug-likeness (QED) is 0.640. The second-order valence-electron chi connectivity index (χ2n) is 8.09. The molecule has 0 spiro atoms. The molecule has 0 saturated heterocycles. The third-order valence-corrected chi connectivity index (χ3v) is 4.57. The van der Waals surface area contributed by atoms with Crippen molar-refractivity contribution in [2.45, 2.75) is 67.3 Å². The van der Waals surface area contributed by atoms with Crippen LogP contribution in [0.15, 0.2) is 28.8 Å². The van der Waals surface area contributed by atoms with Gasteiger partial charge in [0.1, 0.15) is 0 Å². The van der Waals surface area contributed by atoms with Gasteiger partial charge in [-0.25, -0.2) is 0 Å². The molecule has 0 unspecified atom stereocenters. The molecule has 19 heavy (non-hydrogen) atoms. The van der Waals surface area contributed by atoms with Crippen LogP contribution in [0, 0.1) is 16.7 Å². The lowest BCUT2D eigenvalue weighted by atomic mass is 9.66. The minimum atomic E-state index is -0.0815. The van der Waals surface area contributed by atoms with Gasteiger partial charge in [-0.2, -0.15) is 0 Å². The summed E-state index contributed by atoms with van der Waals surface area (Å²) in [6.07, 6.45) is 9.82. The lowest BCUT2D eigenvalue weighted by molar-refractivity contribution is 0.163. The van der Waals surface area contributed by atoms with Crippen molar-refractivity contribution in [3.63, 3.8) is 0 Å². The molecule has 0 N–H and O–H groups in total. The van der Waals surface area contributed by atoms with E-state index in [0.29, 0.717) is 11.3 Å². The summed E-state index contributed by atoms with van der Waals surface area (Å²) in [6, 6.07) is 0. The molecule has 0 aromatic rings. The fourth-order valence-corrected chi connectivity index (χ4v) is 2.60. The predicted octanol–water partition coefficient (Wildman–Crippen LogP) is 5.43. The summed E-state index contributed by atoms with van der Waals surface area (Å²) in [4.78, 5) is 4.56. The monoisotopic (exact) mass is 261 g/mol. The van der Waals surface area contributed by atoms with E-state index >= 15 is 0 Å². The first-order chi connectivity index (χ1) is 8.46. The van der Waals surface area contributed by atoms with Crippen molar-refractivity contribution in [3.05, 3.63) is 23.8 Å². The zero-order chi connectivity index (χ0) is 14.9. The molecule has 1 heterocycles. The maximum absolute atomic E-state index is 4.56. The van der Waals surface area contributed by atoms with Crippen LogP contribution < -0.4 is 0 Å². The number of nitrogens with zero attached hydrogens (tertiary/aromatic N) is 1. The van der Waals surface area contributed by atoms with Gasteiger partial charge in [-0.05, 0) is 48.7 Å². The van der Waals surface area contributed by atoms with E-state index in [1.165, 1.54) is 12.0 Å². The van der Waals surface area contributed by atoms with Gasteiger partial charge in [0.15, 0.2) is 0 Å². The van der Waals surface area contributed by atoms with Crippen molar-refractivity contribution < 1.29 is 0 Å². The van der Waals surface area contributed by atoms with Crippen molar-refractivity contribution in [1.29, 1.82) is 0 Å². The normalized spacial score (nSPS) is 19.5. The van der Waals surface area contributed by atoms with Crippen LogP contribution >= 0.6 is 0 Å². The van der Waals surface area contributed by atoms with Crippen LogP contribution in [-0.2, 0) is 0 Å². The fourth-order valence-electron chi connectivity index (χ4n) is 2.60. The van der Waals surface area contributed by atoms with Crippen molar-refractivity contribution in [2.75, 3.05) is 0 Å². The molecule has 0 atom stereocenters. The topological polar surface area (TPSA) is 12.4 Å². The first kappa shape index (κ1) is 16.2. The highest BCUT2D eigenvalue weighted by atomic mass is 14.8. The molecule has 0 radical (unpaired) electrons. The smallest absolute Gasteiger partial charge is 0.0734 e. The summed E-state index contributed by atoms with van der Waals surface area (Å²) in [6.45, 7) is 18.4. The molecule has 0 amide bonds. The van der Waals surface area contributed by atoms with E-state index in [1.54, 1.807) is 0 Å². The Labute approximate surface area is 119 Å². The molecule has 0 saturated carbocycles. The number of hydrogen-bond donors (Lipinski definition) is 0. The molecule has 1 aliphatic rings. The Morgan fingerprint density at radius 3 is 2.26 bits per heavy atom. The summed E-state index contributed by atoms with van der Waals surface area (Å²) in [5.41, 5.74) is 1.82. The lowest BCUT2D eigenvalue weighted by Gasteiger charge is -2.38. The first-order valence-electron chi connectivity index (χ1n) is 7.41. The van der Waals surface area contributed by atoms with E-state index < -0.39 is 0 Å². The molecule has 108 valence electrons. The summed E-state index contributed by atoms with van der Waals surface area (Å²) in [5.74, 6) is 0.687.